The Kier molecular flexibility index (Phi) is 3.61. The van der Waals surface area contributed by atoms with Crippen molar-refractivity contribution in [1.29, 1.82) is 0 Å². The van der Waals surface area contributed by atoms with Crippen molar-refractivity contribution in [2.75, 3.05) is 17.6 Å². The molecule has 1 aromatic rings. The Labute approximate surface area is 90.0 Å². The minimum absolute atomic E-state index is 0.0908. The molecule has 0 aromatic carbocycles. The van der Waals surface area contributed by atoms with Crippen LogP contribution in [0.1, 0.15) is 9.67 Å². The average molecular weight is 251 g/mol. The van der Waals surface area contributed by atoms with Crippen LogP contribution in [0.25, 0.3) is 0 Å². The minimum atomic E-state index is -3.51. The van der Waals surface area contributed by atoms with E-state index in [0.29, 0.717) is 5.13 Å². The Morgan fingerprint density at radius 3 is 2.80 bits per heavy atom. The molecule has 0 unspecified atom stereocenters. The van der Waals surface area contributed by atoms with Gasteiger partial charge in [0.1, 0.15) is 4.88 Å². The lowest BCUT2D eigenvalue weighted by molar-refractivity contribution is 0.0702. The van der Waals surface area contributed by atoms with Gasteiger partial charge in [0.25, 0.3) is 0 Å². The standard InChI is InChI=1S/C6H9N3O4S2/c7-15(12,13)2-1-8-6-9-3-4(14-6)5(10)11/h3H,1-2H2,(H,8,9)(H,10,11)(H2,7,12,13). The molecule has 0 atom stereocenters. The van der Waals surface area contributed by atoms with Crippen LogP contribution in [0.5, 0.6) is 0 Å². The van der Waals surface area contributed by atoms with E-state index in [4.69, 9.17) is 10.2 Å². The van der Waals surface area contributed by atoms with Crippen LogP contribution in [-0.4, -0.2) is 36.8 Å². The fraction of sp³-hybridized carbons (Fsp3) is 0.333. The summed E-state index contributed by atoms with van der Waals surface area (Å²) in [6.07, 6.45) is 1.20. The smallest absolute Gasteiger partial charge is 0.347 e. The van der Waals surface area contributed by atoms with Gasteiger partial charge in [-0.25, -0.2) is 23.3 Å². The SMILES string of the molecule is NS(=O)(=O)CCNc1ncc(C(=O)O)s1. The molecular formula is C6H9N3O4S2. The van der Waals surface area contributed by atoms with Gasteiger partial charge in [-0.2, -0.15) is 0 Å². The lowest BCUT2D eigenvalue weighted by Crippen LogP contribution is -2.22. The van der Waals surface area contributed by atoms with Gasteiger partial charge in [0.15, 0.2) is 5.13 Å². The average Bonchev–Trinajstić information content (AvgIpc) is 2.50. The van der Waals surface area contributed by atoms with Crippen molar-refractivity contribution in [3.05, 3.63) is 11.1 Å². The summed E-state index contributed by atoms with van der Waals surface area (Å²) in [4.78, 5) is 14.3. The molecule has 15 heavy (non-hydrogen) atoms. The molecule has 1 rings (SSSR count). The molecule has 0 spiro atoms. The Hall–Kier alpha value is -1.19. The molecule has 4 N–H and O–H groups in total. The lowest BCUT2D eigenvalue weighted by atomic mass is 10.6. The van der Waals surface area contributed by atoms with Crippen molar-refractivity contribution in [3.8, 4) is 0 Å². The maximum absolute atomic E-state index is 10.6. The number of hydrogen-bond acceptors (Lipinski definition) is 6. The zero-order valence-electron chi connectivity index (χ0n) is 7.50. The molecule has 0 aliphatic heterocycles. The van der Waals surface area contributed by atoms with Gasteiger partial charge in [0.05, 0.1) is 11.9 Å². The number of thiazole rings is 1. The molecule has 7 nitrogen and oxygen atoms in total. The van der Waals surface area contributed by atoms with Crippen molar-refractivity contribution in [2.45, 2.75) is 0 Å². The van der Waals surface area contributed by atoms with Crippen molar-refractivity contribution in [3.63, 3.8) is 0 Å². The number of nitrogens with two attached hydrogens (primary N) is 1. The van der Waals surface area contributed by atoms with Gasteiger partial charge in [-0.1, -0.05) is 11.3 Å². The summed E-state index contributed by atoms with van der Waals surface area (Å²) in [5, 5.41) is 16.4. The van der Waals surface area contributed by atoms with E-state index in [1.165, 1.54) is 6.20 Å². The van der Waals surface area contributed by atoms with E-state index >= 15 is 0 Å². The lowest BCUT2D eigenvalue weighted by Gasteiger charge is -1.99. The van der Waals surface area contributed by atoms with Gasteiger partial charge in [-0.15, -0.1) is 0 Å². The van der Waals surface area contributed by atoms with E-state index < -0.39 is 16.0 Å². The second kappa shape index (κ2) is 4.55. The number of carboxylic acids is 1. The van der Waals surface area contributed by atoms with E-state index in [1.54, 1.807) is 0 Å². The van der Waals surface area contributed by atoms with Crippen LogP contribution in [0.3, 0.4) is 0 Å². The maximum Gasteiger partial charge on any atom is 0.347 e. The van der Waals surface area contributed by atoms with Crippen molar-refractivity contribution < 1.29 is 18.3 Å². The molecule has 0 fully saturated rings. The quantitative estimate of drug-likeness (QED) is 0.651. The van der Waals surface area contributed by atoms with E-state index in [9.17, 15) is 13.2 Å². The third-order valence-electron chi connectivity index (χ3n) is 1.38. The van der Waals surface area contributed by atoms with Crippen LogP contribution in [0.2, 0.25) is 0 Å². The van der Waals surface area contributed by atoms with Gasteiger partial charge in [0, 0.05) is 6.54 Å². The number of anilines is 1. The third-order valence-corrected chi connectivity index (χ3v) is 3.10. The number of nitrogens with zero attached hydrogens (tertiary/aromatic N) is 1. The highest BCUT2D eigenvalue weighted by Crippen LogP contribution is 2.17. The monoisotopic (exact) mass is 251 g/mol. The number of nitrogens with one attached hydrogen (secondary N) is 1. The van der Waals surface area contributed by atoms with Gasteiger partial charge in [0.2, 0.25) is 10.0 Å². The van der Waals surface area contributed by atoms with Gasteiger partial charge >= 0.3 is 5.97 Å². The summed E-state index contributed by atoms with van der Waals surface area (Å²) < 4.78 is 21.1. The Morgan fingerprint density at radius 2 is 2.33 bits per heavy atom. The van der Waals surface area contributed by atoms with Gasteiger partial charge in [-0.05, 0) is 0 Å². The molecular weight excluding hydrogens is 242 g/mol. The van der Waals surface area contributed by atoms with Gasteiger partial charge < -0.3 is 10.4 Å². The van der Waals surface area contributed by atoms with Crippen LogP contribution in [0, 0.1) is 0 Å². The number of aromatic carboxylic acids is 1. The molecule has 0 bridgehead atoms. The Balaban J connectivity index is 2.48. The summed E-state index contributed by atoms with van der Waals surface area (Å²) in [6, 6.07) is 0. The maximum atomic E-state index is 10.6. The largest absolute Gasteiger partial charge is 0.477 e. The fourth-order valence-corrected chi connectivity index (χ4v) is 1.82. The molecule has 9 heteroatoms. The molecule has 0 saturated heterocycles. The summed E-state index contributed by atoms with van der Waals surface area (Å²) in [7, 11) is -3.51. The molecule has 0 amide bonds. The van der Waals surface area contributed by atoms with Crippen LogP contribution in [0.15, 0.2) is 6.20 Å². The first kappa shape index (κ1) is 11.9. The summed E-state index contributed by atoms with van der Waals surface area (Å²) >= 11 is 0.934. The molecule has 0 aliphatic rings. The highest BCUT2D eigenvalue weighted by Gasteiger charge is 2.08. The zero-order valence-corrected chi connectivity index (χ0v) is 9.14. The molecule has 0 saturated carbocycles. The highest BCUT2D eigenvalue weighted by molar-refractivity contribution is 7.89. The molecule has 1 heterocycles. The first-order chi connectivity index (χ1) is 6.88. The van der Waals surface area contributed by atoms with Crippen molar-refractivity contribution in [2.24, 2.45) is 5.14 Å². The number of sulfonamides is 1. The number of rotatable bonds is 5. The zero-order chi connectivity index (χ0) is 11.5. The number of primary sulfonamides is 1. The van der Waals surface area contributed by atoms with Crippen LogP contribution in [0.4, 0.5) is 5.13 Å². The third kappa shape index (κ3) is 4.23. The molecule has 0 aliphatic carbocycles. The van der Waals surface area contributed by atoms with Crippen LogP contribution < -0.4 is 10.5 Å². The predicted octanol–water partition coefficient (Wildman–Crippen LogP) is -0.458. The molecule has 84 valence electrons. The Bertz CT molecular complexity index is 453. The van der Waals surface area contributed by atoms with Crippen molar-refractivity contribution in [1.82, 2.24) is 4.98 Å². The second-order valence-electron chi connectivity index (χ2n) is 2.63. The first-order valence-corrected chi connectivity index (χ1v) is 6.35. The number of aromatic nitrogens is 1. The number of carboxylic acid groups (broad SMARTS) is 1. The summed E-state index contributed by atoms with van der Waals surface area (Å²) in [5.74, 6) is -1.29. The second-order valence-corrected chi connectivity index (χ2v) is 5.39. The summed E-state index contributed by atoms with van der Waals surface area (Å²) in [5.41, 5.74) is 0. The van der Waals surface area contributed by atoms with E-state index in [-0.39, 0.29) is 17.2 Å². The Morgan fingerprint density at radius 1 is 1.67 bits per heavy atom. The van der Waals surface area contributed by atoms with Crippen LogP contribution >= 0.6 is 11.3 Å². The van der Waals surface area contributed by atoms with Crippen molar-refractivity contribution >= 4 is 32.5 Å². The minimum Gasteiger partial charge on any atom is -0.477 e. The normalized spacial score (nSPS) is 11.3. The van der Waals surface area contributed by atoms with E-state index in [1.807, 2.05) is 0 Å². The number of hydrogen-bond donors (Lipinski definition) is 3. The molecule has 1 aromatic heterocycles. The number of carbonyl (C=O) groups is 1. The first-order valence-electron chi connectivity index (χ1n) is 3.82. The topological polar surface area (TPSA) is 122 Å². The predicted molar refractivity (Wildman–Crippen MR) is 55.5 cm³/mol. The molecule has 0 radical (unpaired) electrons. The fourth-order valence-electron chi connectivity index (χ4n) is 0.755. The van der Waals surface area contributed by atoms with Crippen LogP contribution in [-0.2, 0) is 10.0 Å². The van der Waals surface area contributed by atoms with E-state index in [2.05, 4.69) is 10.3 Å². The highest BCUT2D eigenvalue weighted by atomic mass is 32.2. The summed E-state index contributed by atoms with van der Waals surface area (Å²) in [6.45, 7) is 0.103. The van der Waals surface area contributed by atoms with E-state index in [0.717, 1.165) is 11.3 Å². The van der Waals surface area contributed by atoms with Gasteiger partial charge in [-0.3, -0.25) is 0 Å².